The fourth-order valence-electron chi connectivity index (χ4n) is 1.70. The third-order valence-corrected chi connectivity index (χ3v) is 3.63. The molecule has 0 aliphatic carbocycles. The SMILES string of the molecule is COc1ccc(C(C)CBr)c(NC(=O)OC(C)(C)C)c1. The van der Waals surface area contributed by atoms with Gasteiger partial charge in [0.2, 0.25) is 0 Å². The summed E-state index contributed by atoms with van der Waals surface area (Å²) in [5.74, 6) is 0.965. The smallest absolute Gasteiger partial charge is 0.412 e. The van der Waals surface area contributed by atoms with Gasteiger partial charge in [-0.1, -0.05) is 28.9 Å². The molecule has 1 unspecified atom stereocenters. The Balaban J connectivity index is 2.98. The highest BCUT2D eigenvalue weighted by Crippen LogP contribution is 2.30. The molecule has 0 heterocycles. The van der Waals surface area contributed by atoms with E-state index in [0.717, 1.165) is 10.9 Å². The lowest BCUT2D eigenvalue weighted by Gasteiger charge is -2.21. The number of rotatable bonds is 4. The summed E-state index contributed by atoms with van der Waals surface area (Å²) >= 11 is 3.46. The van der Waals surface area contributed by atoms with Crippen LogP contribution in [0.1, 0.15) is 39.2 Å². The Morgan fingerprint density at radius 3 is 2.55 bits per heavy atom. The number of alkyl halides is 1. The van der Waals surface area contributed by atoms with E-state index in [4.69, 9.17) is 9.47 Å². The largest absolute Gasteiger partial charge is 0.497 e. The third-order valence-electron chi connectivity index (χ3n) is 2.66. The first-order chi connectivity index (χ1) is 9.26. The molecule has 1 aromatic rings. The topological polar surface area (TPSA) is 47.6 Å². The lowest BCUT2D eigenvalue weighted by Crippen LogP contribution is -2.27. The summed E-state index contributed by atoms with van der Waals surface area (Å²) in [6.07, 6.45) is -0.464. The van der Waals surface area contributed by atoms with Gasteiger partial charge in [0.15, 0.2) is 0 Å². The molecule has 112 valence electrons. The third kappa shape index (κ3) is 5.04. The van der Waals surface area contributed by atoms with Crippen LogP contribution < -0.4 is 10.1 Å². The molecule has 0 radical (unpaired) electrons. The first-order valence-corrected chi connectivity index (χ1v) is 7.63. The van der Waals surface area contributed by atoms with Crippen LogP contribution in [0, 0.1) is 0 Å². The van der Waals surface area contributed by atoms with E-state index in [-0.39, 0.29) is 5.92 Å². The summed E-state index contributed by atoms with van der Waals surface area (Å²) in [6, 6.07) is 5.64. The molecule has 1 rings (SSSR count). The quantitative estimate of drug-likeness (QED) is 0.816. The van der Waals surface area contributed by atoms with E-state index in [1.165, 1.54) is 0 Å². The highest BCUT2D eigenvalue weighted by molar-refractivity contribution is 9.09. The summed E-state index contributed by atoms with van der Waals surface area (Å²) in [5.41, 5.74) is 1.23. The fraction of sp³-hybridized carbons (Fsp3) is 0.533. The maximum atomic E-state index is 11.9. The zero-order chi connectivity index (χ0) is 15.3. The molecule has 0 spiro atoms. The predicted molar refractivity (Wildman–Crippen MR) is 85.1 cm³/mol. The van der Waals surface area contributed by atoms with Gasteiger partial charge in [-0.2, -0.15) is 0 Å². The van der Waals surface area contributed by atoms with Crippen LogP contribution in [-0.2, 0) is 4.74 Å². The molecule has 0 fully saturated rings. The van der Waals surface area contributed by atoms with Crippen molar-refractivity contribution in [3.05, 3.63) is 23.8 Å². The average molecular weight is 344 g/mol. The molecule has 20 heavy (non-hydrogen) atoms. The predicted octanol–water partition coefficient (Wildman–Crippen LogP) is 4.54. The minimum Gasteiger partial charge on any atom is -0.497 e. The molecular weight excluding hydrogens is 322 g/mol. The summed E-state index contributed by atoms with van der Waals surface area (Å²) < 4.78 is 10.5. The molecule has 5 heteroatoms. The van der Waals surface area contributed by atoms with Gasteiger partial charge in [0.1, 0.15) is 11.4 Å². The van der Waals surface area contributed by atoms with Crippen molar-refractivity contribution in [2.45, 2.75) is 39.2 Å². The highest BCUT2D eigenvalue weighted by Gasteiger charge is 2.18. The van der Waals surface area contributed by atoms with E-state index in [9.17, 15) is 4.79 Å². The Bertz CT molecular complexity index is 469. The van der Waals surface area contributed by atoms with E-state index in [1.807, 2.05) is 32.9 Å². The second-order valence-electron chi connectivity index (χ2n) is 5.64. The van der Waals surface area contributed by atoms with Gasteiger partial charge in [-0.15, -0.1) is 0 Å². The Hall–Kier alpha value is -1.23. The Labute approximate surface area is 129 Å². The van der Waals surface area contributed by atoms with Crippen molar-refractivity contribution >= 4 is 27.7 Å². The molecule has 0 aliphatic rings. The first-order valence-electron chi connectivity index (χ1n) is 6.50. The highest BCUT2D eigenvalue weighted by atomic mass is 79.9. The van der Waals surface area contributed by atoms with Crippen molar-refractivity contribution in [2.24, 2.45) is 0 Å². The molecule has 1 aromatic carbocycles. The van der Waals surface area contributed by atoms with Crippen molar-refractivity contribution < 1.29 is 14.3 Å². The van der Waals surface area contributed by atoms with Crippen LogP contribution >= 0.6 is 15.9 Å². The molecule has 1 N–H and O–H groups in total. The van der Waals surface area contributed by atoms with Gasteiger partial charge in [-0.25, -0.2) is 4.79 Å². The second-order valence-corrected chi connectivity index (χ2v) is 6.28. The van der Waals surface area contributed by atoms with Crippen LogP contribution in [0.5, 0.6) is 5.75 Å². The molecule has 4 nitrogen and oxygen atoms in total. The lowest BCUT2D eigenvalue weighted by atomic mass is 10.0. The number of methoxy groups -OCH3 is 1. The van der Waals surface area contributed by atoms with Gasteiger partial charge in [0, 0.05) is 11.4 Å². The average Bonchev–Trinajstić information content (AvgIpc) is 2.35. The number of ether oxygens (including phenoxy) is 2. The number of halogens is 1. The number of amides is 1. The van der Waals surface area contributed by atoms with E-state index in [0.29, 0.717) is 11.4 Å². The van der Waals surface area contributed by atoms with Gasteiger partial charge < -0.3 is 9.47 Å². The van der Waals surface area contributed by atoms with E-state index >= 15 is 0 Å². The molecular formula is C15H22BrNO3. The zero-order valence-corrected chi connectivity index (χ0v) is 14.2. The number of benzene rings is 1. The van der Waals surface area contributed by atoms with Crippen molar-refractivity contribution in [1.29, 1.82) is 0 Å². The lowest BCUT2D eigenvalue weighted by molar-refractivity contribution is 0.0636. The number of nitrogens with one attached hydrogen (secondary N) is 1. The Kier molecular flexibility index (Phi) is 5.87. The van der Waals surface area contributed by atoms with E-state index in [2.05, 4.69) is 28.2 Å². The number of carbonyl (C=O) groups excluding carboxylic acids is 1. The molecule has 1 atom stereocenters. The molecule has 0 saturated heterocycles. The number of hydrogen-bond donors (Lipinski definition) is 1. The van der Waals surface area contributed by atoms with Gasteiger partial charge in [0.05, 0.1) is 12.8 Å². The first kappa shape index (κ1) is 16.8. The van der Waals surface area contributed by atoms with E-state index in [1.54, 1.807) is 13.2 Å². The van der Waals surface area contributed by atoms with Gasteiger partial charge in [0.25, 0.3) is 0 Å². The Morgan fingerprint density at radius 2 is 2.05 bits per heavy atom. The summed E-state index contributed by atoms with van der Waals surface area (Å²) in [4.78, 5) is 11.9. The van der Waals surface area contributed by atoms with Gasteiger partial charge in [-0.3, -0.25) is 5.32 Å². The van der Waals surface area contributed by atoms with Crippen LogP contribution in [0.2, 0.25) is 0 Å². The number of carbonyl (C=O) groups is 1. The second kappa shape index (κ2) is 6.97. The van der Waals surface area contributed by atoms with Crippen molar-refractivity contribution in [2.75, 3.05) is 17.8 Å². The van der Waals surface area contributed by atoms with Crippen LogP contribution in [0.15, 0.2) is 18.2 Å². The monoisotopic (exact) mass is 343 g/mol. The number of anilines is 1. The van der Waals surface area contributed by atoms with Crippen LogP contribution in [0.3, 0.4) is 0 Å². The Morgan fingerprint density at radius 1 is 1.40 bits per heavy atom. The van der Waals surface area contributed by atoms with Crippen LogP contribution in [0.4, 0.5) is 10.5 Å². The van der Waals surface area contributed by atoms with E-state index < -0.39 is 11.7 Å². The fourth-order valence-corrected chi connectivity index (χ4v) is 2.05. The van der Waals surface area contributed by atoms with Crippen LogP contribution in [-0.4, -0.2) is 24.1 Å². The normalized spacial score (nSPS) is 12.7. The molecule has 1 amide bonds. The number of hydrogen-bond acceptors (Lipinski definition) is 3. The standard InChI is InChI=1S/C15H22BrNO3/c1-10(9-16)12-7-6-11(19-5)8-13(12)17-14(18)20-15(2,3)4/h6-8,10H,9H2,1-5H3,(H,17,18). The van der Waals surface area contributed by atoms with Gasteiger partial charge >= 0.3 is 6.09 Å². The summed E-state index contributed by atoms with van der Waals surface area (Å²) in [5, 5.41) is 3.60. The molecule has 0 bridgehead atoms. The maximum Gasteiger partial charge on any atom is 0.412 e. The molecule has 0 saturated carbocycles. The minimum absolute atomic E-state index is 0.269. The van der Waals surface area contributed by atoms with Gasteiger partial charge in [-0.05, 0) is 38.3 Å². The minimum atomic E-state index is -0.524. The van der Waals surface area contributed by atoms with Crippen LogP contribution in [0.25, 0.3) is 0 Å². The maximum absolute atomic E-state index is 11.9. The molecule has 0 aliphatic heterocycles. The summed E-state index contributed by atoms with van der Waals surface area (Å²) in [6.45, 7) is 7.58. The van der Waals surface area contributed by atoms with Crippen molar-refractivity contribution in [3.63, 3.8) is 0 Å². The summed E-state index contributed by atoms with van der Waals surface area (Å²) in [7, 11) is 1.60. The van der Waals surface area contributed by atoms with Crippen molar-refractivity contribution in [3.8, 4) is 5.75 Å². The molecule has 0 aromatic heterocycles. The van der Waals surface area contributed by atoms with Crippen molar-refractivity contribution in [1.82, 2.24) is 0 Å². The zero-order valence-electron chi connectivity index (χ0n) is 12.6.